The Bertz CT molecular complexity index is 644. The van der Waals surface area contributed by atoms with Gasteiger partial charge in [0.25, 0.3) is 0 Å². The monoisotopic (exact) mass is 301 g/mol. The van der Waals surface area contributed by atoms with Crippen LogP contribution < -0.4 is 4.74 Å². The SMILES string of the molecule is CC(C)(C)c1csc(CC(=O)C2Cc3ccccc3O2)n1. The first-order valence-corrected chi connectivity index (χ1v) is 8.03. The number of hydrogen-bond donors (Lipinski definition) is 0. The van der Waals surface area contributed by atoms with Crippen molar-refractivity contribution in [1.29, 1.82) is 0 Å². The van der Waals surface area contributed by atoms with E-state index in [0.717, 1.165) is 22.0 Å². The van der Waals surface area contributed by atoms with Crippen molar-refractivity contribution >= 4 is 17.1 Å². The number of hydrogen-bond acceptors (Lipinski definition) is 4. The molecule has 0 fully saturated rings. The van der Waals surface area contributed by atoms with Crippen molar-refractivity contribution < 1.29 is 9.53 Å². The molecule has 0 radical (unpaired) electrons. The number of ether oxygens (including phenoxy) is 1. The average Bonchev–Trinajstić information content (AvgIpc) is 3.03. The van der Waals surface area contributed by atoms with Gasteiger partial charge in [-0.2, -0.15) is 0 Å². The lowest BCUT2D eigenvalue weighted by atomic mass is 9.93. The van der Waals surface area contributed by atoms with Crippen LogP contribution in [0.4, 0.5) is 0 Å². The molecule has 2 heterocycles. The van der Waals surface area contributed by atoms with Crippen LogP contribution in [-0.2, 0) is 23.1 Å². The first-order chi connectivity index (χ1) is 9.93. The van der Waals surface area contributed by atoms with E-state index >= 15 is 0 Å². The maximum atomic E-state index is 12.4. The number of carbonyl (C=O) groups is 1. The second-order valence-corrected chi connectivity index (χ2v) is 7.38. The number of benzene rings is 1. The summed E-state index contributed by atoms with van der Waals surface area (Å²) in [4.78, 5) is 17.0. The van der Waals surface area contributed by atoms with Gasteiger partial charge in [0.1, 0.15) is 10.8 Å². The number of nitrogens with zero attached hydrogens (tertiary/aromatic N) is 1. The zero-order valence-corrected chi connectivity index (χ0v) is 13.4. The molecule has 0 spiro atoms. The predicted molar refractivity (Wildman–Crippen MR) is 84.1 cm³/mol. The van der Waals surface area contributed by atoms with Crippen molar-refractivity contribution in [3.63, 3.8) is 0 Å². The molecule has 0 saturated carbocycles. The highest BCUT2D eigenvalue weighted by Crippen LogP contribution is 2.29. The van der Waals surface area contributed by atoms with Crippen molar-refractivity contribution in [2.75, 3.05) is 0 Å². The molecule has 0 bridgehead atoms. The Morgan fingerprint density at radius 3 is 2.81 bits per heavy atom. The average molecular weight is 301 g/mol. The second kappa shape index (κ2) is 5.26. The van der Waals surface area contributed by atoms with Gasteiger partial charge < -0.3 is 4.74 Å². The summed E-state index contributed by atoms with van der Waals surface area (Å²) < 4.78 is 5.74. The molecule has 4 heteroatoms. The Kier molecular flexibility index (Phi) is 3.57. The van der Waals surface area contributed by atoms with Crippen molar-refractivity contribution in [3.05, 3.63) is 45.9 Å². The molecule has 1 aliphatic rings. The smallest absolute Gasteiger partial charge is 0.180 e. The van der Waals surface area contributed by atoms with E-state index in [0.29, 0.717) is 12.8 Å². The summed E-state index contributed by atoms with van der Waals surface area (Å²) in [7, 11) is 0. The highest BCUT2D eigenvalue weighted by Gasteiger charge is 2.29. The number of ketones is 1. The number of fused-ring (bicyclic) bond motifs is 1. The molecule has 3 nitrogen and oxygen atoms in total. The Hall–Kier alpha value is -1.68. The fourth-order valence-corrected chi connectivity index (χ4v) is 3.39. The normalized spacial score (nSPS) is 17.4. The zero-order valence-electron chi connectivity index (χ0n) is 12.6. The molecule has 1 atom stereocenters. The van der Waals surface area contributed by atoms with Crippen LogP contribution in [0, 0.1) is 0 Å². The van der Waals surface area contributed by atoms with Crippen molar-refractivity contribution in [2.24, 2.45) is 0 Å². The topological polar surface area (TPSA) is 39.2 Å². The van der Waals surface area contributed by atoms with Crippen molar-refractivity contribution in [2.45, 2.75) is 45.1 Å². The number of thiazole rings is 1. The molecule has 1 aliphatic heterocycles. The van der Waals surface area contributed by atoms with Gasteiger partial charge in [-0.05, 0) is 11.6 Å². The molecular weight excluding hydrogens is 282 g/mol. The fraction of sp³-hybridized carbons (Fsp3) is 0.412. The van der Waals surface area contributed by atoms with Crippen LogP contribution in [0.2, 0.25) is 0 Å². The van der Waals surface area contributed by atoms with Crippen LogP contribution in [0.1, 0.15) is 37.0 Å². The highest BCUT2D eigenvalue weighted by molar-refractivity contribution is 7.09. The zero-order chi connectivity index (χ0) is 15.0. The van der Waals surface area contributed by atoms with Gasteiger partial charge in [0, 0.05) is 17.2 Å². The minimum atomic E-state index is -0.357. The lowest BCUT2D eigenvalue weighted by Gasteiger charge is -2.14. The number of aromatic nitrogens is 1. The Morgan fingerprint density at radius 1 is 1.38 bits per heavy atom. The first kappa shape index (κ1) is 14.3. The maximum Gasteiger partial charge on any atom is 0.180 e. The summed E-state index contributed by atoms with van der Waals surface area (Å²) in [6.45, 7) is 6.39. The predicted octanol–water partition coefficient (Wildman–Crippen LogP) is 3.56. The number of carbonyl (C=O) groups excluding carboxylic acids is 1. The lowest BCUT2D eigenvalue weighted by Crippen LogP contribution is -2.26. The molecule has 2 aromatic rings. The molecule has 0 N–H and O–H groups in total. The van der Waals surface area contributed by atoms with Gasteiger partial charge in [-0.15, -0.1) is 11.3 Å². The van der Waals surface area contributed by atoms with Crippen LogP contribution in [0.25, 0.3) is 0 Å². The standard InChI is InChI=1S/C17H19NO2S/c1-17(2,3)15-10-21-16(18-15)9-12(19)14-8-11-6-4-5-7-13(11)20-14/h4-7,10,14H,8-9H2,1-3H3. The van der Waals surface area contributed by atoms with Gasteiger partial charge in [0.05, 0.1) is 12.1 Å². The van der Waals surface area contributed by atoms with Gasteiger partial charge >= 0.3 is 0 Å². The molecule has 0 aliphatic carbocycles. The molecule has 3 rings (SSSR count). The minimum absolute atomic E-state index is 0.0257. The summed E-state index contributed by atoms with van der Waals surface area (Å²) in [5.41, 5.74) is 2.19. The quantitative estimate of drug-likeness (QED) is 0.870. The summed E-state index contributed by atoms with van der Waals surface area (Å²) in [6, 6.07) is 7.85. The second-order valence-electron chi connectivity index (χ2n) is 6.44. The van der Waals surface area contributed by atoms with E-state index in [1.54, 1.807) is 11.3 Å². The van der Waals surface area contributed by atoms with E-state index in [1.807, 2.05) is 29.6 Å². The summed E-state index contributed by atoms with van der Waals surface area (Å²) in [6.07, 6.45) is 0.677. The molecule has 110 valence electrons. The third-order valence-electron chi connectivity index (χ3n) is 3.65. The first-order valence-electron chi connectivity index (χ1n) is 7.15. The third-order valence-corrected chi connectivity index (χ3v) is 4.50. The molecule has 1 aromatic heterocycles. The largest absolute Gasteiger partial charge is 0.482 e. The van der Waals surface area contributed by atoms with E-state index < -0.39 is 0 Å². The Labute approximate surface area is 129 Å². The summed E-state index contributed by atoms with van der Waals surface area (Å²) in [5, 5.41) is 2.93. The van der Waals surface area contributed by atoms with Crippen molar-refractivity contribution in [1.82, 2.24) is 4.98 Å². The van der Waals surface area contributed by atoms with Gasteiger partial charge in [-0.1, -0.05) is 39.0 Å². The third kappa shape index (κ3) is 3.00. The van der Waals surface area contributed by atoms with Crippen LogP contribution in [-0.4, -0.2) is 16.9 Å². The molecular formula is C17H19NO2S. The Morgan fingerprint density at radius 2 is 2.14 bits per heavy atom. The molecule has 21 heavy (non-hydrogen) atoms. The van der Waals surface area contributed by atoms with Crippen LogP contribution in [0.5, 0.6) is 5.75 Å². The van der Waals surface area contributed by atoms with Crippen LogP contribution >= 0.6 is 11.3 Å². The van der Waals surface area contributed by atoms with E-state index in [1.165, 1.54) is 0 Å². The molecule has 0 amide bonds. The molecule has 0 saturated heterocycles. The maximum absolute atomic E-state index is 12.4. The van der Waals surface area contributed by atoms with Crippen molar-refractivity contribution in [3.8, 4) is 5.75 Å². The summed E-state index contributed by atoms with van der Waals surface area (Å²) in [5.74, 6) is 0.950. The molecule has 1 aromatic carbocycles. The van der Waals surface area contributed by atoms with Crippen LogP contribution in [0.3, 0.4) is 0 Å². The van der Waals surface area contributed by atoms with Gasteiger partial charge in [-0.3, -0.25) is 4.79 Å². The minimum Gasteiger partial charge on any atom is -0.482 e. The molecule has 1 unspecified atom stereocenters. The number of Topliss-reactive ketones (excluding diaryl/α,β-unsaturated/α-hetero) is 1. The van der Waals surface area contributed by atoms with E-state index in [9.17, 15) is 4.79 Å². The van der Waals surface area contributed by atoms with E-state index in [-0.39, 0.29) is 17.3 Å². The van der Waals surface area contributed by atoms with E-state index in [2.05, 4.69) is 25.8 Å². The van der Waals surface area contributed by atoms with Gasteiger partial charge in [-0.25, -0.2) is 4.98 Å². The number of para-hydroxylation sites is 1. The van der Waals surface area contributed by atoms with Crippen LogP contribution in [0.15, 0.2) is 29.6 Å². The van der Waals surface area contributed by atoms with E-state index in [4.69, 9.17) is 4.74 Å². The van der Waals surface area contributed by atoms with Gasteiger partial charge in [0.2, 0.25) is 0 Å². The van der Waals surface area contributed by atoms with Gasteiger partial charge in [0.15, 0.2) is 11.9 Å². The lowest BCUT2D eigenvalue weighted by molar-refractivity contribution is -0.124. The summed E-state index contributed by atoms with van der Waals surface area (Å²) >= 11 is 1.56. The Balaban J connectivity index is 1.67. The number of rotatable bonds is 3. The fourth-order valence-electron chi connectivity index (χ4n) is 2.36. The highest BCUT2D eigenvalue weighted by atomic mass is 32.1.